The summed E-state index contributed by atoms with van der Waals surface area (Å²) in [7, 11) is 4.97. The van der Waals surface area contributed by atoms with Crippen LogP contribution in [-0.2, 0) is 29.6 Å². The van der Waals surface area contributed by atoms with Crippen LogP contribution in [0.4, 0.5) is 0 Å². The highest BCUT2D eigenvalue weighted by molar-refractivity contribution is 5.97. The molecule has 0 radical (unpaired) electrons. The summed E-state index contributed by atoms with van der Waals surface area (Å²) in [6.45, 7) is 4.35. The Labute approximate surface area is 228 Å². The van der Waals surface area contributed by atoms with E-state index in [9.17, 15) is 9.59 Å². The van der Waals surface area contributed by atoms with E-state index >= 15 is 0 Å². The molecule has 1 heterocycles. The predicted molar refractivity (Wildman–Crippen MR) is 150 cm³/mol. The SMILES string of the molecule is COc1ccc(CC(=O)NC(N)=N[C@H](CC(C)C)C(=O)O)cc1OC.Cn1nccc1-c1cccc(CN)c1. The summed E-state index contributed by atoms with van der Waals surface area (Å²) in [5.74, 6) is -0.477. The summed E-state index contributed by atoms with van der Waals surface area (Å²) in [5.41, 5.74) is 15.4. The third-order valence-corrected chi connectivity index (χ3v) is 5.63. The maximum atomic E-state index is 12.1. The molecule has 1 atom stereocenters. The summed E-state index contributed by atoms with van der Waals surface area (Å²) < 4.78 is 12.2. The number of carbonyl (C=O) groups excluding carboxylic acids is 1. The summed E-state index contributed by atoms with van der Waals surface area (Å²) in [4.78, 5) is 27.1. The molecule has 0 aliphatic carbocycles. The summed E-state index contributed by atoms with van der Waals surface area (Å²) in [6.07, 6.45) is 2.17. The molecule has 210 valence electrons. The Balaban J connectivity index is 0.000000318. The second-order valence-electron chi connectivity index (χ2n) is 9.16. The largest absolute Gasteiger partial charge is 0.493 e. The molecule has 0 bridgehead atoms. The maximum Gasteiger partial charge on any atom is 0.328 e. The molecule has 0 saturated carbocycles. The first-order chi connectivity index (χ1) is 18.6. The molecule has 6 N–H and O–H groups in total. The number of aliphatic carboxylic acids is 1. The Morgan fingerprint density at radius 1 is 1.08 bits per heavy atom. The predicted octanol–water partition coefficient (Wildman–Crippen LogP) is 2.72. The van der Waals surface area contributed by atoms with Crippen LogP contribution in [0.25, 0.3) is 11.3 Å². The van der Waals surface area contributed by atoms with Crippen LogP contribution in [0.15, 0.2) is 59.7 Å². The highest BCUT2D eigenvalue weighted by atomic mass is 16.5. The zero-order chi connectivity index (χ0) is 28.9. The van der Waals surface area contributed by atoms with E-state index < -0.39 is 17.9 Å². The number of carboxylic acid groups (broad SMARTS) is 1. The van der Waals surface area contributed by atoms with Gasteiger partial charge in [-0.25, -0.2) is 9.79 Å². The highest BCUT2D eigenvalue weighted by Gasteiger charge is 2.19. The molecule has 0 unspecified atom stereocenters. The van der Waals surface area contributed by atoms with Gasteiger partial charge in [-0.1, -0.05) is 38.1 Å². The average Bonchev–Trinajstić information content (AvgIpc) is 3.33. The lowest BCUT2D eigenvalue weighted by molar-refractivity contribution is -0.138. The van der Waals surface area contributed by atoms with Crippen LogP contribution >= 0.6 is 0 Å². The van der Waals surface area contributed by atoms with Gasteiger partial charge in [-0.15, -0.1) is 0 Å². The van der Waals surface area contributed by atoms with Crippen LogP contribution in [0.2, 0.25) is 0 Å². The number of guanidine groups is 1. The van der Waals surface area contributed by atoms with Crippen molar-refractivity contribution in [2.75, 3.05) is 14.2 Å². The van der Waals surface area contributed by atoms with Crippen molar-refractivity contribution in [3.63, 3.8) is 0 Å². The number of aromatic nitrogens is 2. The van der Waals surface area contributed by atoms with Crippen molar-refractivity contribution in [1.82, 2.24) is 15.1 Å². The van der Waals surface area contributed by atoms with Gasteiger partial charge in [0.2, 0.25) is 5.91 Å². The molecule has 1 amide bonds. The van der Waals surface area contributed by atoms with Gasteiger partial charge in [0.15, 0.2) is 23.5 Å². The molecule has 39 heavy (non-hydrogen) atoms. The lowest BCUT2D eigenvalue weighted by Crippen LogP contribution is -2.39. The first-order valence-corrected chi connectivity index (χ1v) is 12.4. The van der Waals surface area contributed by atoms with E-state index in [1.807, 2.05) is 43.8 Å². The van der Waals surface area contributed by atoms with Crippen LogP contribution in [-0.4, -0.2) is 53.0 Å². The third kappa shape index (κ3) is 9.78. The zero-order valence-corrected chi connectivity index (χ0v) is 23.0. The van der Waals surface area contributed by atoms with E-state index in [0.29, 0.717) is 30.0 Å². The number of nitrogens with one attached hydrogen (secondary N) is 1. The van der Waals surface area contributed by atoms with Gasteiger partial charge < -0.3 is 26.0 Å². The fourth-order valence-corrected chi connectivity index (χ4v) is 3.73. The van der Waals surface area contributed by atoms with Crippen molar-refractivity contribution in [3.05, 3.63) is 65.9 Å². The highest BCUT2D eigenvalue weighted by Crippen LogP contribution is 2.27. The zero-order valence-electron chi connectivity index (χ0n) is 23.0. The van der Waals surface area contributed by atoms with Crippen molar-refractivity contribution in [2.45, 2.75) is 39.3 Å². The van der Waals surface area contributed by atoms with Gasteiger partial charge in [0.1, 0.15) is 0 Å². The summed E-state index contributed by atoms with van der Waals surface area (Å²) in [6, 6.07) is 14.3. The molecule has 0 fully saturated rings. The smallest absolute Gasteiger partial charge is 0.328 e. The number of rotatable bonds is 10. The number of carboxylic acids is 1. The normalized spacial score (nSPS) is 11.8. The first-order valence-electron chi connectivity index (χ1n) is 12.4. The lowest BCUT2D eigenvalue weighted by atomic mass is 10.0. The van der Waals surface area contributed by atoms with Crippen LogP contribution in [0.3, 0.4) is 0 Å². The van der Waals surface area contributed by atoms with Crippen LogP contribution in [0.1, 0.15) is 31.4 Å². The van der Waals surface area contributed by atoms with Gasteiger partial charge in [-0.05, 0) is 47.7 Å². The minimum absolute atomic E-state index is 0.0402. The molecule has 1 aromatic heterocycles. The summed E-state index contributed by atoms with van der Waals surface area (Å²) >= 11 is 0. The minimum atomic E-state index is -1.08. The number of carbonyl (C=O) groups is 2. The van der Waals surface area contributed by atoms with Crippen LogP contribution < -0.4 is 26.3 Å². The van der Waals surface area contributed by atoms with Gasteiger partial charge >= 0.3 is 5.97 Å². The number of hydrogen-bond acceptors (Lipinski definition) is 7. The number of nitrogens with two attached hydrogens (primary N) is 2. The molecular formula is C28H38N6O5. The fraction of sp³-hybridized carbons (Fsp3) is 0.357. The number of aliphatic imine (C=N–C) groups is 1. The van der Waals surface area contributed by atoms with Crippen LogP contribution in [0.5, 0.6) is 11.5 Å². The number of aryl methyl sites for hydroxylation is 1. The van der Waals surface area contributed by atoms with E-state index in [1.165, 1.54) is 14.2 Å². The van der Waals surface area contributed by atoms with Gasteiger partial charge in [0.05, 0.1) is 26.3 Å². The summed E-state index contributed by atoms with van der Waals surface area (Å²) in [5, 5.41) is 15.7. The van der Waals surface area contributed by atoms with Gasteiger partial charge in [-0.2, -0.15) is 5.10 Å². The van der Waals surface area contributed by atoms with Crippen molar-refractivity contribution in [2.24, 2.45) is 29.4 Å². The minimum Gasteiger partial charge on any atom is -0.493 e. The Kier molecular flexibility index (Phi) is 12.0. The van der Waals surface area contributed by atoms with E-state index in [2.05, 4.69) is 27.5 Å². The second kappa shape index (κ2) is 15.1. The number of methoxy groups -OCH3 is 2. The molecule has 11 heteroatoms. The molecule has 11 nitrogen and oxygen atoms in total. The number of benzene rings is 2. The molecule has 0 aliphatic rings. The maximum absolute atomic E-state index is 12.1. The molecule has 0 saturated heterocycles. The molecular weight excluding hydrogens is 500 g/mol. The van der Waals surface area contributed by atoms with Crippen LogP contribution in [0, 0.1) is 5.92 Å². The average molecular weight is 539 g/mol. The van der Waals surface area contributed by atoms with Gasteiger partial charge in [0, 0.05) is 25.4 Å². The van der Waals surface area contributed by atoms with Crippen molar-refractivity contribution < 1.29 is 24.2 Å². The van der Waals surface area contributed by atoms with E-state index in [1.54, 1.807) is 24.4 Å². The molecule has 0 spiro atoms. The number of ether oxygens (including phenoxy) is 2. The Morgan fingerprint density at radius 3 is 2.36 bits per heavy atom. The molecule has 2 aromatic carbocycles. The topological polar surface area (TPSA) is 167 Å². The van der Waals surface area contributed by atoms with E-state index in [4.69, 9.17) is 26.0 Å². The van der Waals surface area contributed by atoms with E-state index in [-0.39, 0.29) is 18.3 Å². The Hall–Kier alpha value is -4.38. The van der Waals surface area contributed by atoms with E-state index in [0.717, 1.165) is 16.8 Å². The monoisotopic (exact) mass is 538 g/mol. The molecule has 0 aliphatic heterocycles. The Bertz CT molecular complexity index is 1270. The lowest BCUT2D eigenvalue weighted by Gasteiger charge is -2.12. The first kappa shape index (κ1) is 30.8. The fourth-order valence-electron chi connectivity index (χ4n) is 3.73. The molecule has 3 aromatic rings. The van der Waals surface area contributed by atoms with Crippen molar-refractivity contribution in [1.29, 1.82) is 0 Å². The quantitative estimate of drug-likeness (QED) is 0.226. The number of hydrogen-bond donors (Lipinski definition) is 4. The third-order valence-electron chi connectivity index (χ3n) is 5.63. The van der Waals surface area contributed by atoms with Gasteiger partial charge in [-0.3, -0.25) is 14.8 Å². The van der Waals surface area contributed by atoms with Gasteiger partial charge in [0.25, 0.3) is 0 Å². The number of nitrogens with zero attached hydrogens (tertiary/aromatic N) is 3. The second-order valence-corrected chi connectivity index (χ2v) is 9.16. The number of amides is 1. The Morgan fingerprint density at radius 2 is 1.79 bits per heavy atom. The molecule has 3 rings (SSSR count). The van der Waals surface area contributed by atoms with Crippen molar-refractivity contribution >= 4 is 17.8 Å². The van der Waals surface area contributed by atoms with Crippen molar-refractivity contribution in [3.8, 4) is 22.8 Å². The standard InChI is InChI=1S/C17H25N3O5.C11H13N3/c1-10(2)7-12(16(22)23)19-17(18)20-15(21)9-11-5-6-13(24-3)14(8-11)25-4;1-14-11(5-6-13-14)10-4-2-3-9(7-10)8-12/h5-6,8,10,12H,7,9H2,1-4H3,(H,22,23)(H3,18,19,20,21);2-7H,8,12H2,1H3/t12-;/m1./s1.